The molecule has 2 bridgehead atoms. The Balaban J connectivity index is 1.31. The number of rotatable bonds is 3. The van der Waals surface area contributed by atoms with Crippen LogP contribution in [-0.2, 0) is 6.42 Å². The first-order valence-corrected chi connectivity index (χ1v) is 11.3. The molecule has 3 aliphatic rings. The van der Waals surface area contributed by atoms with Crippen molar-refractivity contribution in [3.8, 4) is 6.07 Å². The van der Waals surface area contributed by atoms with Crippen molar-refractivity contribution < 1.29 is 4.79 Å². The second-order valence-corrected chi connectivity index (χ2v) is 9.30. The van der Waals surface area contributed by atoms with Crippen molar-refractivity contribution in [3.63, 3.8) is 0 Å². The summed E-state index contributed by atoms with van der Waals surface area (Å²) in [5.41, 5.74) is 2.64. The van der Waals surface area contributed by atoms with Gasteiger partial charge >= 0.3 is 0 Å². The van der Waals surface area contributed by atoms with E-state index >= 15 is 0 Å². The van der Waals surface area contributed by atoms with Crippen LogP contribution < -0.4 is 0 Å². The molecule has 5 rings (SSSR count). The molecule has 0 aromatic heterocycles. The fraction of sp³-hybridized carbons (Fsp3) is 0.462. The second-order valence-electron chi connectivity index (χ2n) is 9.30. The summed E-state index contributed by atoms with van der Waals surface area (Å²) in [7, 11) is 0. The number of nitrogens with zero attached hydrogens (tertiary/aromatic N) is 3. The molecule has 0 spiro atoms. The Morgan fingerprint density at radius 1 is 1.03 bits per heavy atom. The van der Waals surface area contributed by atoms with Gasteiger partial charge < -0.3 is 4.90 Å². The predicted molar refractivity (Wildman–Crippen MR) is 117 cm³/mol. The summed E-state index contributed by atoms with van der Waals surface area (Å²) in [5.74, 6) is 1.21. The molecule has 3 saturated heterocycles. The van der Waals surface area contributed by atoms with Crippen molar-refractivity contribution in [1.82, 2.24) is 9.80 Å². The lowest BCUT2D eigenvalue weighted by Gasteiger charge is -2.55. The lowest BCUT2D eigenvalue weighted by Crippen LogP contribution is -2.62. The van der Waals surface area contributed by atoms with Gasteiger partial charge in [-0.05, 0) is 61.3 Å². The minimum absolute atomic E-state index is 0.0897. The van der Waals surface area contributed by atoms with E-state index < -0.39 is 0 Å². The van der Waals surface area contributed by atoms with E-state index in [2.05, 4.69) is 46.2 Å². The summed E-state index contributed by atoms with van der Waals surface area (Å²) in [6.07, 6.45) is 6.22. The normalized spacial score (nSPS) is 28.4. The highest BCUT2D eigenvalue weighted by molar-refractivity contribution is 5.94. The number of hydrogen-bond acceptors (Lipinski definition) is 3. The van der Waals surface area contributed by atoms with Gasteiger partial charge in [-0.2, -0.15) is 5.26 Å². The second kappa shape index (κ2) is 8.24. The largest absolute Gasteiger partial charge is 0.338 e. The Bertz CT molecular complexity index is 950. The van der Waals surface area contributed by atoms with Gasteiger partial charge in [-0.1, -0.05) is 42.8 Å². The molecule has 30 heavy (non-hydrogen) atoms. The van der Waals surface area contributed by atoms with Crippen LogP contribution in [0.25, 0.3) is 0 Å². The van der Waals surface area contributed by atoms with Crippen LogP contribution >= 0.6 is 0 Å². The van der Waals surface area contributed by atoms with Gasteiger partial charge in [-0.15, -0.1) is 0 Å². The first-order chi connectivity index (χ1) is 14.7. The lowest BCUT2D eigenvalue weighted by atomic mass is 9.74. The van der Waals surface area contributed by atoms with Gasteiger partial charge in [-0.25, -0.2) is 0 Å². The summed E-state index contributed by atoms with van der Waals surface area (Å²) in [6, 6.07) is 21.4. The fourth-order valence-corrected chi connectivity index (χ4v) is 6.09. The maximum absolute atomic E-state index is 13.2. The van der Waals surface area contributed by atoms with E-state index in [4.69, 9.17) is 5.26 Å². The molecular weight excluding hydrogens is 370 g/mol. The van der Waals surface area contributed by atoms with E-state index in [1.165, 1.54) is 31.2 Å². The SMILES string of the molecule is N#Cc1cccc(C(=O)N2C[C@@H]3C[C@H](C2)[C@@H]2CCC[C@H](Cc4ccccc4)N2C3)c1. The Hall–Kier alpha value is -2.64. The Morgan fingerprint density at radius 3 is 2.73 bits per heavy atom. The molecule has 4 atom stereocenters. The van der Waals surface area contributed by atoms with Crippen LogP contribution in [0.5, 0.6) is 0 Å². The highest BCUT2D eigenvalue weighted by Crippen LogP contribution is 2.40. The molecule has 154 valence electrons. The minimum atomic E-state index is 0.0897. The molecule has 0 unspecified atom stereocenters. The molecule has 2 aromatic carbocycles. The molecule has 4 heteroatoms. The van der Waals surface area contributed by atoms with Crippen molar-refractivity contribution in [3.05, 3.63) is 71.3 Å². The van der Waals surface area contributed by atoms with Gasteiger partial charge in [0.1, 0.15) is 0 Å². The quantitative estimate of drug-likeness (QED) is 0.780. The van der Waals surface area contributed by atoms with Gasteiger partial charge in [0.15, 0.2) is 0 Å². The molecule has 4 nitrogen and oxygen atoms in total. The van der Waals surface area contributed by atoms with Crippen LogP contribution in [0.2, 0.25) is 0 Å². The molecule has 2 aromatic rings. The summed E-state index contributed by atoms with van der Waals surface area (Å²) < 4.78 is 0. The molecule has 3 aliphatic heterocycles. The van der Waals surface area contributed by atoms with Gasteiger partial charge in [-0.3, -0.25) is 9.69 Å². The number of hydrogen-bond donors (Lipinski definition) is 0. The number of amides is 1. The summed E-state index contributed by atoms with van der Waals surface area (Å²) >= 11 is 0. The number of carbonyl (C=O) groups is 1. The topological polar surface area (TPSA) is 47.3 Å². The van der Waals surface area contributed by atoms with E-state index in [-0.39, 0.29) is 5.91 Å². The first-order valence-electron chi connectivity index (χ1n) is 11.3. The number of carbonyl (C=O) groups excluding carboxylic acids is 1. The number of nitriles is 1. The number of piperidine rings is 3. The maximum Gasteiger partial charge on any atom is 0.253 e. The zero-order chi connectivity index (χ0) is 20.5. The van der Waals surface area contributed by atoms with E-state index in [0.717, 1.165) is 26.1 Å². The van der Waals surface area contributed by atoms with Crippen LogP contribution in [0, 0.1) is 23.2 Å². The van der Waals surface area contributed by atoms with Crippen molar-refractivity contribution >= 4 is 5.91 Å². The Kier molecular flexibility index (Phi) is 5.31. The molecule has 0 radical (unpaired) electrons. The molecule has 1 amide bonds. The number of likely N-dealkylation sites (tertiary alicyclic amines) is 1. The monoisotopic (exact) mass is 399 g/mol. The summed E-state index contributed by atoms with van der Waals surface area (Å²) in [5, 5.41) is 9.16. The molecule has 0 N–H and O–H groups in total. The van der Waals surface area contributed by atoms with E-state index in [0.29, 0.717) is 35.0 Å². The van der Waals surface area contributed by atoms with Crippen LogP contribution in [0.15, 0.2) is 54.6 Å². The highest BCUT2D eigenvalue weighted by Gasteiger charge is 2.45. The molecule has 0 saturated carbocycles. The molecular formula is C26H29N3O. The average Bonchev–Trinajstić information content (AvgIpc) is 2.80. The van der Waals surface area contributed by atoms with E-state index in [9.17, 15) is 4.79 Å². The lowest BCUT2D eigenvalue weighted by molar-refractivity contribution is -0.0498. The Labute approximate surface area is 179 Å². The van der Waals surface area contributed by atoms with E-state index in [1.807, 2.05) is 12.1 Å². The summed E-state index contributed by atoms with van der Waals surface area (Å²) in [4.78, 5) is 18.0. The van der Waals surface area contributed by atoms with Gasteiger partial charge in [0, 0.05) is 37.3 Å². The number of benzene rings is 2. The van der Waals surface area contributed by atoms with Crippen LogP contribution in [0.3, 0.4) is 0 Å². The maximum atomic E-state index is 13.2. The summed E-state index contributed by atoms with van der Waals surface area (Å²) in [6.45, 7) is 2.80. The predicted octanol–water partition coefficient (Wildman–Crippen LogP) is 4.12. The first kappa shape index (κ1) is 19.3. The number of fused-ring (bicyclic) bond motifs is 4. The van der Waals surface area contributed by atoms with Crippen LogP contribution in [0.4, 0.5) is 0 Å². The standard InChI is InChI=1S/C26H29N3O/c27-15-20-8-4-9-22(12-20)26(30)28-16-21-13-23(18-28)25-11-5-10-24(29(25)17-21)14-19-6-2-1-3-7-19/h1-4,6-9,12,21,23-25H,5,10-11,13-14,16-18H2/t21-,23+,24+,25-/m0/s1. The molecule has 3 fully saturated rings. The van der Waals surface area contributed by atoms with Crippen molar-refractivity contribution in [2.45, 2.75) is 44.2 Å². The van der Waals surface area contributed by atoms with Gasteiger partial charge in [0.25, 0.3) is 5.91 Å². The zero-order valence-electron chi connectivity index (χ0n) is 17.4. The van der Waals surface area contributed by atoms with Gasteiger partial charge in [0.2, 0.25) is 0 Å². The van der Waals surface area contributed by atoms with Crippen molar-refractivity contribution in [2.24, 2.45) is 11.8 Å². The van der Waals surface area contributed by atoms with E-state index in [1.54, 1.807) is 12.1 Å². The zero-order valence-corrected chi connectivity index (χ0v) is 17.4. The smallest absolute Gasteiger partial charge is 0.253 e. The fourth-order valence-electron chi connectivity index (χ4n) is 6.09. The van der Waals surface area contributed by atoms with Crippen LogP contribution in [0.1, 0.15) is 47.2 Å². The highest BCUT2D eigenvalue weighted by atomic mass is 16.2. The molecule has 0 aliphatic carbocycles. The van der Waals surface area contributed by atoms with Crippen LogP contribution in [-0.4, -0.2) is 47.4 Å². The average molecular weight is 400 g/mol. The van der Waals surface area contributed by atoms with Crippen molar-refractivity contribution in [2.75, 3.05) is 19.6 Å². The Morgan fingerprint density at radius 2 is 1.90 bits per heavy atom. The third kappa shape index (κ3) is 3.75. The minimum Gasteiger partial charge on any atom is -0.338 e. The third-order valence-corrected chi connectivity index (χ3v) is 7.35. The third-order valence-electron chi connectivity index (χ3n) is 7.35. The van der Waals surface area contributed by atoms with Gasteiger partial charge in [0.05, 0.1) is 11.6 Å². The molecule has 3 heterocycles. The van der Waals surface area contributed by atoms with Crippen molar-refractivity contribution in [1.29, 1.82) is 5.26 Å².